The Balaban J connectivity index is 1.54. The number of nitro groups is 1. The maximum Gasteiger partial charge on any atom is 0.269 e. The third-order valence-corrected chi connectivity index (χ3v) is 6.34. The van der Waals surface area contributed by atoms with Gasteiger partial charge in [0.25, 0.3) is 5.69 Å². The number of benzene rings is 3. The number of nitro benzene ring substituents is 1. The number of carbonyl (C=O) groups is 1. The van der Waals surface area contributed by atoms with Crippen molar-refractivity contribution >= 4 is 40.6 Å². The van der Waals surface area contributed by atoms with Crippen LogP contribution in [0.2, 0.25) is 5.02 Å². The third-order valence-electron chi connectivity index (χ3n) is 5.04. The summed E-state index contributed by atoms with van der Waals surface area (Å²) in [5.41, 5.74) is 2.93. The molecule has 0 unspecified atom stereocenters. The fraction of sp³-hybridized carbons (Fsp3) is 0.125. The van der Waals surface area contributed by atoms with Gasteiger partial charge in [0.15, 0.2) is 11.0 Å². The molecule has 0 aliphatic carbocycles. The zero-order valence-electron chi connectivity index (χ0n) is 18.1. The van der Waals surface area contributed by atoms with Crippen LogP contribution < -0.4 is 5.32 Å². The zero-order chi connectivity index (χ0) is 24.1. The smallest absolute Gasteiger partial charge is 0.269 e. The van der Waals surface area contributed by atoms with Crippen LogP contribution in [0.1, 0.15) is 11.1 Å². The van der Waals surface area contributed by atoms with Gasteiger partial charge in [-0.05, 0) is 36.2 Å². The van der Waals surface area contributed by atoms with Crippen molar-refractivity contribution < 1.29 is 9.72 Å². The summed E-state index contributed by atoms with van der Waals surface area (Å²) in [6.45, 7) is 2.22. The lowest BCUT2D eigenvalue weighted by atomic mass is 10.2. The van der Waals surface area contributed by atoms with Crippen LogP contribution in [0.3, 0.4) is 0 Å². The zero-order valence-corrected chi connectivity index (χ0v) is 19.7. The first-order valence-electron chi connectivity index (χ1n) is 10.3. The van der Waals surface area contributed by atoms with E-state index in [9.17, 15) is 14.9 Å². The van der Waals surface area contributed by atoms with Crippen LogP contribution in [-0.4, -0.2) is 31.3 Å². The highest BCUT2D eigenvalue weighted by atomic mass is 35.5. The molecule has 172 valence electrons. The Hall–Kier alpha value is -3.69. The molecule has 0 atom stereocenters. The number of anilines is 1. The second-order valence-corrected chi connectivity index (χ2v) is 8.80. The minimum Gasteiger partial charge on any atom is -0.325 e. The molecule has 1 aromatic heterocycles. The van der Waals surface area contributed by atoms with Gasteiger partial charge in [-0.1, -0.05) is 65.8 Å². The monoisotopic (exact) mass is 493 g/mol. The molecule has 8 nitrogen and oxygen atoms in total. The van der Waals surface area contributed by atoms with E-state index in [2.05, 4.69) is 15.5 Å². The van der Waals surface area contributed by atoms with E-state index >= 15 is 0 Å². The Morgan fingerprint density at radius 1 is 1.09 bits per heavy atom. The Bertz CT molecular complexity index is 1340. The lowest BCUT2D eigenvalue weighted by Crippen LogP contribution is -2.15. The van der Waals surface area contributed by atoms with Gasteiger partial charge in [-0.25, -0.2) is 0 Å². The normalized spacial score (nSPS) is 10.8. The molecular formula is C24H20ClN5O3S. The van der Waals surface area contributed by atoms with Gasteiger partial charge in [0.2, 0.25) is 5.91 Å². The van der Waals surface area contributed by atoms with Crippen molar-refractivity contribution in [1.29, 1.82) is 0 Å². The summed E-state index contributed by atoms with van der Waals surface area (Å²) in [5, 5.41) is 23.5. The quantitative estimate of drug-likeness (QED) is 0.195. The molecular weight excluding hydrogens is 474 g/mol. The summed E-state index contributed by atoms with van der Waals surface area (Å²) in [4.78, 5) is 23.1. The number of thioether (sulfide) groups is 1. The third kappa shape index (κ3) is 5.44. The van der Waals surface area contributed by atoms with Crippen LogP contribution in [-0.2, 0) is 11.3 Å². The number of nitrogens with zero attached hydrogens (tertiary/aromatic N) is 4. The predicted octanol–water partition coefficient (Wildman–Crippen LogP) is 5.59. The highest BCUT2D eigenvalue weighted by Crippen LogP contribution is 2.30. The number of aromatic nitrogens is 3. The molecule has 1 heterocycles. The van der Waals surface area contributed by atoms with E-state index in [1.165, 1.54) is 30.0 Å². The standard InChI is InChI=1S/C24H20ClN5O3S/c1-16-13-18(30(32)33)11-12-21(16)26-22(31)15-34-24-28-27-23(19-9-5-6-10-20(19)25)29(24)14-17-7-3-2-4-8-17/h2-13H,14-15H2,1H3,(H,26,31). The van der Waals surface area contributed by atoms with Gasteiger partial charge in [-0.15, -0.1) is 10.2 Å². The molecule has 4 aromatic rings. The molecule has 34 heavy (non-hydrogen) atoms. The number of hydrogen-bond acceptors (Lipinski definition) is 6. The molecule has 0 fully saturated rings. The summed E-state index contributed by atoms with van der Waals surface area (Å²) < 4.78 is 1.94. The van der Waals surface area contributed by atoms with Crippen molar-refractivity contribution in [1.82, 2.24) is 14.8 Å². The minimum atomic E-state index is -0.468. The van der Waals surface area contributed by atoms with Crippen LogP contribution in [0.15, 0.2) is 78.0 Å². The van der Waals surface area contributed by atoms with Gasteiger partial charge in [-0.3, -0.25) is 19.5 Å². The van der Waals surface area contributed by atoms with E-state index in [1.54, 1.807) is 13.0 Å². The predicted molar refractivity (Wildman–Crippen MR) is 133 cm³/mol. The second-order valence-electron chi connectivity index (χ2n) is 7.45. The Labute approximate surface area is 205 Å². The second kappa shape index (κ2) is 10.5. The Morgan fingerprint density at radius 3 is 2.53 bits per heavy atom. The average molecular weight is 494 g/mol. The van der Waals surface area contributed by atoms with Gasteiger partial charge >= 0.3 is 0 Å². The molecule has 0 spiro atoms. The van der Waals surface area contributed by atoms with E-state index in [-0.39, 0.29) is 17.3 Å². The van der Waals surface area contributed by atoms with Crippen LogP contribution in [0.4, 0.5) is 11.4 Å². The van der Waals surface area contributed by atoms with Gasteiger partial charge in [0, 0.05) is 23.4 Å². The molecule has 0 saturated heterocycles. The number of rotatable bonds is 8. The molecule has 4 rings (SSSR count). The summed E-state index contributed by atoms with van der Waals surface area (Å²) in [6.07, 6.45) is 0. The van der Waals surface area contributed by atoms with Gasteiger partial charge in [-0.2, -0.15) is 0 Å². The largest absolute Gasteiger partial charge is 0.325 e. The molecule has 0 aliphatic rings. The van der Waals surface area contributed by atoms with Crippen LogP contribution >= 0.6 is 23.4 Å². The molecule has 3 aromatic carbocycles. The summed E-state index contributed by atoms with van der Waals surface area (Å²) in [7, 11) is 0. The van der Waals surface area contributed by atoms with E-state index in [4.69, 9.17) is 11.6 Å². The maximum atomic E-state index is 12.6. The summed E-state index contributed by atoms with van der Waals surface area (Å²) in [5.74, 6) is 0.449. The number of halogens is 1. The van der Waals surface area contributed by atoms with Crippen molar-refractivity contribution in [3.63, 3.8) is 0 Å². The number of amides is 1. The Morgan fingerprint density at radius 2 is 1.82 bits per heavy atom. The van der Waals surface area contributed by atoms with Gasteiger partial charge in [0.1, 0.15) is 0 Å². The van der Waals surface area contributed by atoms with Crippen molar-refractivity contribution in [2.75, 3.05) is 11.1 Å². The fourth-order valence-corrected chi connectivity index (χ4v) is 4.32. The van der Waals surface area contributed by atoms with E-state index in [0.717, 1.165) is 11.1 Å². The number of nitrogens with one attached hydrogen (secondary N) is 1. The van der Waals surface area contributed by atoms with E-state index < -0.39 is 4.92 Å². The van der Waals surface area contributed by atoms with Crippen molar-refractivity contribution in [2.45, 2.75) is 18.6 Å². The number of carbonyl (C=O) groups excluding carboxylic acids is 1. The molecule has 0 bridgehead atoms. The fourth-order valence-electron chi connectivity index (χ4n) is 3.36. The molecule has 0 radical (unpaired) electrons. The number of hydrogen-bond donors (Lipinski definition) is 1. The van der Waals surface area contributed by atoms with Crippen LogP contribution in [0, 0.1) is 17.0 Å². The molecule has 1 N–H and O–H groups in total. The van der Waals surface area contributed by atoms with Crippen molar-refractivity contribution in [3.8, 4) is 11.4 Å². The van der Waals surface area contributed by atoms with Crippen molar-refractivity contribution in [3.05, 3.63) is 99.1 Å². The first kappa shape index (κ1) is 23.5. The summed E-state index contributed by atoms with van der Waals surface area (Å²) >= 11 is 7.67. The number of aryl methyl sites for hydroxylation is 1. The summed E-state index contributed by atoms with van der Waals surface area (Å²) in [6, 6.07) is 21.6. The van der Waals surface area contributed by atoms with Gasteiger partial charge in [0.05, 0.1) is 22.2 Å². The van der Waals surface area contributed by atoms with Crippen LogP contribution in [0.5, 0.6) is 0 Å². The Kier molecular flexibility index (Phi) is 7.24. The maximum absolute atomic E-state index is 12.6. The molecule has 10 heteroatoms. The topological polar surface area (TPSA) is 103 Å². The minimum absolute atomic E-state index is 0.0222. The molecule has 0 saturated carbocycles. The van der Waals surface area contributed by atoms with E-state index in [1.807, 2.05) is 53.1 Å². The lowest BCUT2D eigenvalue weighted by molar-refractivity contribution is -0.384. The highest BCUT2D eigenvalue weighted by Gasteiger charge is 2.18. The first-order valence-corrected chi connectivity index (χ1v) is 11.7. The SMILES string of the molecule is Cc1cc([N+](=O)[O-])ccc1NC(=O)CSc1nnc(-c2ccccc2Cl)n1Cc1ccccc1. The van der Waals surface area contributed by atoms with Gasteiger partial charge < -0.3 is 5.32 Å². The van der Waals surface area contributed by atoms with Crippen molar-refractivity contribution in [2.24, 2.45) is 0 Å². The van der Waals surface area contributed by atoms with Crippen LogP contribution in [0.25, 0.3) is 11.4 Å². The number of non-ortho nitro benzene ring substituents is 1. The van der Waals surface area contributed by atoms with E-state index in [0.29, 0.717) is 33.8 Å². The molecule has 0 aliphatic heterocycles. The average Bonchev–Trinajstić information content (AvgIpc) is 3.22. The first-order chi connectivity index (χ1) is 16.4. The molecule has 1 amide bonds. The lowest BCUT2D eigenvalue weighted by Gasteiger charge is -2.12. The highest BCUT2D eigenvalue weighted by molar-refractivity contribution is 7.99.